The molecule has 1 aromatic heterocycles. The Hall–Kier alpha value is -2.11. The predicted molar refractivity (Wildman–Crippen MR) is 67.8 cm³/mol. The van der Waals surface area contributed by atoms with E-state index in [2.05, 4.69) is 10.3 Å². The number of carbonyl (C=O) groups excluding carboxylic acids is 1. The minimum absolute atomic E-state index is 0.307. The summed E-state index contributed by atoms with van der Waals surface area (Å²) in [6.07, 6.45) is 1.55. The Bertz CT molecular complexity index is 527. The van der Waals surface area contributed by atoms with Crippen LogP contribution in [0.25, 0.3) is 0 Å². The summed E-state index contributed by atoms with van der Waals surface area (Å²) in [6.45, 7) is 3.55. The van der Waals surface area contributed by atoms with Crippen molar-refractivity contribution in [3.8, 4) is 5.88 Å². The lowest BCUT2D eigenvalue weighted by Gasteiger charge is -2.09. The third-order valence-corrected chi connectivity index (χ3v) is 3.60. The fourth-order valence-corrected chi connectivity index (χ4v) is 2.45. The molecule has 2 atom stereocenters. The van der Waals surface area contributed by atoms with Crippen molar-refractivity contribution in [2.24, 2.45) is 17.3 Å². The molecule has 1 aromatic rings. The Kier molecular flexibility index (Phi) is 3.18. The van der Waals surface area contributed by atoms with Crippen LogP contribution in [0.5, 0.6) is 5.88 Å². The van der Waals surface area contributed by atoms with Gasteiger partial charge in [-0.2, -0.15) is 0 Å². The molecule has 2 unspecified atom stereocenters. The largest absolute Gasteiger partial charge is 0.481 e. The SMILES string of the molecule is COc1ncccc1NC(=O)C1C(C(=O)O)C1(C)C. The van der Waals surface area contributed by atoms with Gasteiger partial charge in [-0.05, 0) is 17.5 Å². The van der Waals surface area contributed by atoms with Crippen LogP contribution >= 0.6 is 0 Å². The Morgan fingerprint density at radius 2 is 2.11 bits per heavy atom. The fraction of sp³-hybridized carbons (Fsp3) is 0.462. The summed E-state index contributed by atoms with van der Waals surface area (Å²) in [5.74, 6) is -2.13. The monoisotopic (exact) mass is 264 g/mol. The quantitative estimate of drug-likeness (QED) is 0.857. The van der Waals surface area contributed by atoms with Crippen molar-refractivity contribution in [3.05, 3.63) is 18.3 Å². The number of carboxylic acid groups (broad SMARTS) is 1. The molecule has 102 valence electrons. The van der Waals surface area contributed by atoms with Crippen LogP contribution in [0.1, 0.15) is 13.8 Å². The number of anilines is 1. The highest BCUT2D eigenvalue weighted by Gasteiger charge is 2.65. The topological polar surface area (TPSA) is 88.5 Å². The maximum absolute atomic E-state index is 12.1. The van der Waals surface area contributed by atoms with Crippen LogP contribution in [0.2, 0.25) is 0 Å². The molecule has 0 aliphatic heterocycles. The maximum Gasteiger partial charge on any atom is 0.307 e. The van der Waals surface area contributed by atoms with Crippen LogP contribution in [0.3, 0.4) is 0 Å². The molecule has 1 heterocycles. The number of pyridine rings is 1. The second-order valence-electron chi connectivity index (χ2n) is 5.16. The van der Waals surface area contributed by atoms with Gasteiger partial charge < -0.3 is 15.2 Å². The van der Waals surface area contributed by atoms with Crippen molar-refractivity contribution in [3.63, 3.8) is 0 Å². The Labute approximate surface area is 110 Å². The van der Waals surface area contributed by atoms with Crippen molar-refractivity contribution in [2.45, 2.75) is 13.8 Å². The van der Waals surface area contributed by atoms with Crippen molar-refractivity contribution in [1.29, 1.82) is 0 Å². The summed E-state index contributed by atoms with van der Waals surface area (Å²) in [6, 6.07) is 3.33. The molecule has 1 aliphatic rings. The molecule has 1 fully saturated rings. The van der Waals surface area contributed by atoms with Gasteiger partial charge in [0.25, 0.3) is 0 Å². The number of aliphatic carboxylic acids is 1. The zero-order valence-corrected chi connectivity index (χ0v) is 11.0. The first kappa shape index (κ1) is 13.3. The lowest BCUT2D eigenvalue weighted by atomic mass is 10.1. The first-order valence-electron chi connectivity index (χ1n) is 5.92. The molecule has 1 amide bonds. The number of aromatic nitrogens is 1. The van der Waals surface area contributed by atoms with Gasteiger partial charge in [0.15, 0.2) is 0 Å². The second-order valence-corrected chi connectivity index (χ2v) is 5.16. The van der Waals surface area contributed by atoms with Gasteiger partial charge in [0.2, 0.25) is 11.8 Å². The van der Waals surface area contributed by atoms with Crippen molar-refractivity contribution in [2.75, 3.05) is 12.4 Å². The highest BCUT2D eigenvalue weighted by atomic mass is 16.5. The first-order chi connectivity index (χ1) is 8.89. The van der Waals surface area contributed by atoms with Crippen molar-refractivity contribution in [1.82, 2.24) is 4.98 Å². The minimum Gasteiger partial charge on any atom is -0.481 e. The Morgan fingerprint density at radius 1 is 1.42 bits per heavy atom. The number of nitrogens with one attached hydrogen (secondary N) is 1. The van der Waals surface area contributed by atoms with E-state index >= 15 is 0 Å². The summed E-state index contributed by atoms with van der Waals surface area (Å²) in [4.78, 5) is 27.1. The van der Waals surface area contributed by atoms with E-state index in [9.17, 15) is 9.59 Å². The third kappa shape index (κ3) is 2.25. The number of amides is 1. The molecule has 2 rings (SSSR count). The molecular formula is C13H16N2O4. The predicted octanol–water partition coefficient (Wildman–Crippen LogP) is 1.39. The summed E-state index contributed by atoms with van der Waals surface area (Å²) in [5, 5.41) is 11.7. The van der Waals surface area contributed by atoms with Crippen LogP contribution in [-0.2, 0) is 9.59 Å². The minimum atomic E-state index is -0.941. The van der Waals surface area contributed by atoms with Crippen LogP contribution in [-0.4, -0.2) is 29.1 Å². The van der Waals surface area contributed by atoms with E-state index in [1.165, 1.54) is 7.11 Å². The van der Waals surface area contributed by atoms with Gasteiger partial charge in [-0.25, -0.2) is 4.98 Å². The second kappa shape index (κ2) is 4.53. The number of hydrogen-bond acceptors (Lipinski definition) is 4. The third-order valence-electron chi connectivity index (χ3n) is 3.60. The molecule has 6 nitrogen and oxygen atoms in total. The Morgan fingerprint density at radius 3 is 2.63 bits per heavy atom. The molecule has 19 heavy (non-hydrogen) atoms. The summed E-state index contributed by atoms with van der Waals surface area (Å²) in [5.41, 5.74) is -0.0763. The fourth-order valence-electron chi connectivity index (χ4n) is 2.45. The van der Waals surface area contributed by atoms with Gasteiger partial charge in [0.1, 0.15) is 5.69 Å². The van der Waals surface area contributed by atoms with Crippen LogP contribution in [0, 0.1) is 17.3 Å². The van der Waals surface area contributed by atoms with Gasteiger partial charge in [0.05, 0.1) is 18.9 Å². The van der Waals surface area contributed by atoms with E-state index in [0.29, 0.717) is 11.6 Å². The van der Waals surface area contributed by atoms with Crippen LogP contribution < -0.4 is 10.1 Å². The van der Waals surface area contributed by atoms with Gasteiger partial charge in [-0.1, -0.05) is 13.8 Å². The average molecular weight is 264 g/mol. The average Bonchev–Trinajstić information content (AvgIpc) is 2.93. The molecule has 0 aromatic carbocycles. The molecule has 0 saturated heterocycles. The van der Waals surface area contributed by atoms with E-state index < -0.39 is 23.2 Å². The summed E-state index contributed by atoms with van der Waals surface area (Å²) in [7, 11) is 1.46. The maximum atomic E-state index is 12.1. The number of carbonyl (C=O) groups is 2. The summed E-state index contributed by atoms with van der Waals surface area (Å²) < 4.78 is 5.03. The number of hydrogen-bond donors (Lipinski definition) is 2. The smallest absolute Gasteiger partial charge is 0.307 e. The van der Waals surface area contributed by atoms with E-state index in [1.54, 1.807) is 32.2 Å². The van der Waals surface area contributed by atoms with Crippen LogP contribution in [0.15, 0.2) is 18.3 Å². The lowest BCUT2D eigenvalue weighted by Crippen LogP contribution is -2.18. The molecule has 1 aliphatic carbocycles. The van der Waals surface area contributed by atoms with Gasteiger partial charge >= 0.3 is 5.97 Å². The van der Waals surface area contributed by atoms with E-state index in [-0.39, 0.29) is 5.91 Å². The van der Waals surface area contributed by atoms with Gasteiger partial charge in [-0.3, -0.25) is 9.59 Å². The highest BCUT2D eigenvalue weighted by Crippen LogP contribution is 2.58. The number of methoxy groups -OCH3 is 1. The van der Waals surface area contributed by atoms with Gasteiger partial charge in [-0.15, -0.1) is 0 Å². The number of carboxylic acids is 1. The summed E-state index contributed by atoms with van der Waals surface area (Å²) >= 11 is 0. The molecule has 6 heteroatoms. The van der Waals surface area contributed by atoms with Crippen molar-refractivity contribution >= 4 is 17.6 Å². The number of ether oxygens (including phenoxy) is 1. The lowest BCUT2D eigenvalue weighted by molar-refractivity contribution is -0.140. The van der Waals surface area contributed by atoms with Crippen molar-refractivity contribution < 1.29 is 19.4 Å². The molecule has 2 N–H and O–H groups in total. The van der Waals surface area contributed by atoms with Crippen LogP contribution in [0.4, 0.5) is 5.69 Å². The standard InChI is InChI=1S/C13H16N2O4/c1-13(2)8(9(13)12(17)18)10(16)15-7-5-4-6-14-11(7)19-3/h4-6,8-9H,1-3H3,(H,15,16)(H,17,18). The molecule has 1 saturated carbocycles. The number of nitrogens with zero attached hydrogens (tertiary/aromatic N) is 1. The normalized spacial score (nSPS) is 23.5. The highest BCUT2D eigenvalue weighted by molar-refractivity contribution is 6.00. The molecular weight excluding hydrogens is 248 g/mol. The molecule has 0 radical (unpaired) electrons. The molecule has 0 bridgehead atoms. The zero-order valence-electron chi connectivity index (χ0n) is 11.0. The van der Waals surface area contributed by atoms with Gasteiger partial charge in [0, 0.05) is 6.20 Å². The number of rotatable bonds is 4. The van der Waals surface area contributed by atoms with E-state index in [1.807, 2.05) is 0 Å². The van der Waals surface area contributed by atoms with E-state index in [0.717, 1.165) is 0 Å². The molecule has 0 spiro atoms. The van der Waals surface area contributed by atoms with E-state index in [4.69, 9.17) is 9.84 Å². The first-order valence-corrected chi connectivity index (χ1v) is 5.92. The zero-order chi connectivity index (χ0) is 14.2. The Balaban J connectivity index is 2.13.